The van der Waals surface area contributed by atoms with E-state index in [1.165, 1.54) is 25.7 Å². The van der Waals surface area contributed by atoms with Crippen LogP contribution in [0.4, 0.5) is 5.82 Å². The predicted octanol–water partition coefficient (Wildman–Crippen LogP) is 2.90. The third-order valence-electron chi connectivity index (χ3n) is 5.12. The molecule has 4 rings (SSSR count). The standard InChI is InChI=1S/C18H25N7/c1-12-16-17(24(3)23-12)18(21-13(2)20-16)25(10-14-6-4-5-7-14)11-15-8-9-19-22-15/h8-9,14H,4-7,10-11H2,1-3H3,(H,19,22). The molecule has 3 heterocycles. The second kappa shape index (κ2) is 6.46. The lowest BCUT2D eigenvalue weighted by atomic mass is 10.1. The van der Waals surface area contributed by atoms with Crippen LogP contribution in [0.2, 0.25) is 0 Å². The van der Waals surface area contributed by atoms with Gasteiger partial charge in [0.05, 0.1) is 17.9 Å². The van der Waals surface area contributed by atoms with Gasteiger partial charge in [0.15, 0.2) is 5.82 Å². The number of aromatic amines is 1. The van der Waals surface area contributed by atoms with Crippen LogP contribution >= 0.6 is 0 Å². The minimum atomic E-state index is 0.725. The summed E-state index contributed by atoms with van der Waals surface area (Å²) in [5.74, 6) is 2.49. The molecule has 0 bridgehead atoms. The van der Waals surface area contributed by atoms with E-state index in [0.717, 1.165) is 53.1 Å². The lowest BCUT2D eigenvalue weighted by Gasteiger charge is -2.27. The molecule has 0 amide bonds. The molecule has 1 N–H and O–H groups in total. The van der Waals surface area contributed by atoms with Gasteiger partial charge in [-0.3, -0.25) is 9.78 Å². The van der Waals surface area contributed by atoms with Gasteiger partial charge >= 0.3 is 0 Å². The van der Waals surface area contributed by atoms with Gasteiger partial charge in [-0.1, -0.05) is 12.8 Å². The summed E-state index contributed by atoms with van der Waals surface area (Å²) in [6, 6.07) is 2.03. The Morgan fingerprint density at radius 1 is 1.24 bits per heavy atom. The highest BCUT2D eigenvalue weighted by molar-refractivity contribution is 5.88. The highest BCUT2D eigenvalue weighted by atomic mass is 15.3. The van der Waals surface area contributed by atoms with E-state index in [0.29, 0.717) is 0 Å². The van der Waals surface area contributed by atoms with Gasteiger partial charge in [0.2, 0.25) is 0 Å². The van der Waals surface area contributed by atoms with Crippen molar-refractivity contribution in [2.45, 2.75) is 46.1 Å². The normalized spacial score (nSPS) is 15.3. The molecule has 132 valence electrons. The Bertz CT molecular complexity index is 859. The number of hydrogen-bond acceptors (Lipinski definition) is 5. The number of nitrogens with zero attached hydrogens (tertiary/aromatic N) is 6. The first-order chi connectivity index (χ1) is 12.1. The summed E-state index contributed by atoms with van der Waals surface area (Å²) in [5.41, 5.74) is 4.01. The minimum Gasteiger partial charge on any atom is -0.349 e. The van der Waals surface area contributed by atoms with Crippen LogP contribution in [-0.4, -0.2) is 36.5 Å². The highest BCUT2D eigenvalue weighted by Gasteiger charge is 2.24. The molecule has 1 fully saturated rings. The molecule has 3 aromatic rings. The average molecular weight is 339 g/mol. The fraction of sp³-hybridized carbons (Fsp3) is 0.556. The molecule has 0 unspecified atom stereocenters. The number of aryl methyl sites for hydroxylation is 3. The number of anilines is 1. The van der Waals surface area contributed by atoms with Crippen LogP contribution in [-0.2, 0) is 13.6 Å². The summed E-state index contributed by atoms with van der Waals surface area (Å²) >= 11 is 0. The number of hydrogen-bond donors (Lipinski definition) is 1. The van der Waals surface area contributed by atoms with Crippen molar-refractivity contribution in [2.75, 3.05) is 11.4 Å². The van der Waals surface area contributed by atoms with E-state index in [9.17, 15) is 0 Å². The van der Waals surface area contributed by atoms with Crippen molar-refractivity contribution < 1.29 is 0 Å². The summed E-state index contributed by atoms with van der Waals surface area (Å²) in [6.45, 7) is 5.75. The summed E-state index contributed by atoms with van der Waals surface area (Å²) in [6.07, 6.45) is 7.09. The second-order valence-electron chi connectivity index (χ2n) is 7.11. The first kappa shape index (κ1) is 16.1. The lowest BCUT2D eigenvalue weighted by Crippen LogP contribution is -2.30. The van der Waals surface area contributed by atoms with Crippen LogP contribution in [0.15, 0.2) is 12.3 Å². The summed E-state index contributed by atoms with van der Waals surface area (Å²) in [5, 5.41) is 11.8. The van der Waals surface area contributed by atoms with Gasteiger partial charge in [0, 0.05) is 19.8 Å². The number of rotatable bonds is 5. The van der Waals surface area contributed by atoms with Gasteiger partial charge < -0.3 is 4.90 Å². The van der Waals surface area contributed by atoms with Crippen molar-refractivity contribution in [1.82, 2.24) is 29.9 Å². The zero-order valence-electron chi connectivity index (χ0n) is 15.2. The van der Waals surface area contributed by atoms with Crippen LogP contribution in [0.5, 0.6) is 0 Å². The lowest BCUT2D eigenvalue weighted by molar-refractivity contribution is 0.525. The summed E-state index contributed by atoms with van der Waals surface area (Å²) in [4.78, 5) is 11.8. The van der Waals surface area contributed by atoms with E-state index in [2.05, 4.69) is 25.2 Å². The SMILES string of the molecule is Cc1nc(N(Cc2ccn[nH]2)CC2CCCC2)c2c(n1)c(C)nn2C. The van der Waals surface area contributed by atoms with Crippen molar-refractivity contribution in [3.8, 4) is 0 Å². The van der Waals surface area contributed by atoms with E-state index >= 15 is 0 Å². The van der Waals surface area contributed by atoms with Gasteiger partial charge in [-0.15, -0.1) is 0 Å². The van der Waals surface area contributed by atoms with Gasteiger partial charge in [-0.25, -0.2) is 9.97 Å². The van der Waals surface area contributed by atoms with Crippen molar-refractivity contribution in [3.05, 3.63) is 29.5 Å². The van der Waals surface area contributed by atoms with Crippen LogP contribution in [0.3, 0.4) is 0 Å². The molecule has 0 aromatic carbocycles. The van der Waals surface area contributed by atoms with E-state index in [1.54, 1.807) is 6.20 Å². The smallest absolute Gasteiger partial charge is 0.158 e. The number of nitrogens with one attached hydrogen (secondary N) is 1. The Kier molecular flexibility index (Phi) is 4.15. The van der Waals surface area contributed by atoms with E-state index in [-0.39, 0.29) is 0 Å². The highest BCUT2D eigenvalue weighted by Crippen LogP contribution is 2.31. The number of aromatic nitrogens is 6. The topological polar surface area (TPSA) is 75.5 Å². The molecule has 1 saturated carbocycles. The zero-order chi connectivity index (χ0) is 17.4. The Balaban J connectivity index is 1.78. The maximum Gasteiger partial charge on any atom is 0.158 e. The molecule has 1 aliphatic rings. The van der Waals surface area contributed by atoms with E-state index < -0.39 is 0 Å². The van der Waals surface area contributed by atoms with Crippen LogP contribution in [0.25, 0.3) is 11.0 Å². The van der Waals surface area contributed by atoms with Gasteiger partial charge in [0.25, 0.3) is 0 Å². The van der Waals surface area contributed by atoms with Crippen molar-refractivity contribution in [1.29, 1.82) is 0 Å². The Labute approximate surface area is 147 Å². The monoisotopic (exact) mass is 339 g/mol. The van der Waals surface area contributed by atoms with Gasteiger partial charge in [0.1, 0.15) is 16.9 Å². The molecule has 0 spiro atoms. The summed E-state index contributed by atoms with van der Waals surface area (Å²) in [7, 11) is 1.97. The molecule has 7 heteroatoms. The van der Waals surface area contributed by atoms with E-state index in [1.807, 2.05) is 31.6 Å². The first-order valence-electron chi connectivity index (χ1n) is 9.03. The van der Waals surface area contributed by atoms with Gasteiger partial charge in [-0.05, 0) is 38.7 Å². The molecule has 1 aliphatic carbocycles. The van der Waals surface area contributed by atoms with Crippen molar-refractivity contribution in [2.24, 2.45) is 13.0 Å². The molecule has 25 heavy (non-hydrogen) atoms. The first-order valence-corrected chi connectivity index (χ1v) is 9.03. The Morgan fingerprint density at radius 3 is 2.76 bits per heavy atom. The van der Waals surface area contributed by atoms with Crippen LogP contribution in [0.1, 0.15) is 42.9 Å². The predicted molar refractivity (Wildman–Crippen MR) is 97.4 cm³/mol. The van der Waals surface area contributed by atoms with Gasteiger partial charge in [-0.2, -0.15) is 10.2 Å². The van der Waals surface area contributed by atoms with Crippen LogP contribution in [0, 0.1) is 19.8 Å². The Hall–Kier alpha value is -2.44. The Morgan fingerprint density at radius 2 is 2.04 bits per heavy atom. The van der Waals surface area contributed by atoms with Crippen molar-refractivity contribution >= 4 is 16.9 Å². The molecule has 0 aliphatic heterocycles. The second-order valence-corrected chi connectivity index (χ2v) is 7.11. The fourth-order valence-corrected chi connectivity index (χ4v) is 3.95. The zero-order valence-corrected chi connectivity index (χ0v) is 15.2. The van der Waals surface area contributed by atoms with E-state index in [4.69, 9.17) is 4.98 Å². The molecule has 0 saturated heterocycles. The molecule has 0 atom stereocenters. The minimum absolute atomic E-state index is 0.725. The molecular formula is C18H25N7. The maximum atomic E-state index is 4.82. The number of fused-ring (bicyclic) bond motifs is 1. The number of H-pyrrole nitrogens is 1. The maximum absolute atomic E-state index is 4.82. The third-order valence-corrected chi connectivity index (χ3v) is 5.12. The average Bonchev–Trinajstić information content (AvgIpc) is 3.30. The quantitative estimate of drug-likeness (QED) is 0.773. The molecule has 7 nitrogen and oxygen atoms in total. The summed E-state index contributed by atoms with van der Waals surface area (Å²) < 4.78 is 1.91. The van der Waals surface area contributed by atoms with Crippen molar-refractivity contribution in [3.63, 3.8) is 0 Å². The largest absolute Gasteiger partial charge is 0.349 e. The third kappa shape index (κ3) is 3.10. The van der Waals surface area contributed by atoms with Crippen LogP contribution < -0.4 is 4.90 Å². The molecule has 0 radical (unpaired) electrons. The molecule has 3 aromatic heterocycles. The molecular weight excluding hydrogens is 314 g/mol. The fourth-order valence-electron chi connectivity index (χ4n) is 3.95.